The summed E-state index contributed by atoms with van der Waals surface area (Å²) in [5, 5.41) is 20.6. The Bertz CT molecular complexity index is 879. The van der Waals surface area contributed by atoms with Gasteiger partial charge in [0.05, 0.1) is 12.7 Å². The molecule has 0 bridgehead atoms. The van der Waals surface area contributed by atoms with E-state index >= 15 is 0 Å². The fourth-order valence-electron chi connectivity index (χ4n) is 3.40. The molecule has 2 aromatic rings. The first-order chi connectivity index (χ1) is 14.0. The maximum atomic E-state index is 13.7. The highest BCUT2D eigenvalue weighted by atomic mass is 19.4. The molecule has 0 radical (unpaired) electrons. The van der Waals surface area contributed by atoms with Crippen molar-refractivity contribution in [3.8, 4) is 5.88 Å². The third kappa shape index (κ3) is 5.17. The Hall–Kier alpha value is -2.46. The lowest BCUT2D eigenvalue weighted by molar-refractivity contribution is -0.141. The highest BCUT2D eigenvalue weighted by Gasteiger charge is 2.38. The summed E-state index contributed by atoms with van der Waals surface area (Å²) in [5.74, 6) is -0.166. The van der Waals surface area contributed by atoms with Gasteiger partial charge in [0.1, 0.15) is 35.6 Å². The Morgan fingerprint density at radius 3 is 2.63 bits per heavy atom. The van der Waals surface area contributed by atoms with Crippen LogP contribution < -0.4 is 9.64 Å². The molecule has 3 heterocycles. The van der Waals surface area contributed by atoms with Crippen LogP contribution in [0.4, 0.5) is 23.4 Å². The summed E-state index contributed by atoms with van der Waals surface area (Å²) in [6, 6.07) is 4.57. The molecule has 1 aliphatic rings. The zero-order chi connectivity index (χ0) is 22.1. The molecule has 3 atom stereocenters. The Balaban J connectivity index is 1.85. The summed E-state index contributed by atoms with van der Waals surface area (Å²) in [4.78, 5) is 9.21. The van der Waals surface area contributed by atoms with E-state index < -0.39 is 36.0 Å². The molecule has 1 fully saturated rings. The number of halogens is 4. The Morgan fingerprint density at radius 1 is 1.23 bits per heavy atom. The van der Waals surface area contributed by atoms with Crippen LogP contribution in [0.25, 0.3) is 0 Å². The van der Waals surface area contributed by atoms with Gasteiger partial charge in [-0.25, -0.2) is 14.4 Å². The molecule has 0 spiro atoms. The van der Waals surface area contributed by atoms with Crippen LogP contribution in [-0.2, 0) is 12.6 Å². The molecule has 10 heteroatoms. The number of rotatable bonds is 5. The Labute approximate surface area is 171 Å². The van der Waals surface area contributed by atoms with Gasteiger partial charge >= 0.3 is 6.18 Å². The standard InChI is InChI=1S/C20H23F4N3O3/c1-11(2)6-12-7-13(21)8-25-19(12)27-9-14(28)18(29)15(10-27)30-17-5-3-4-16(26-17)20(22,23)24/h3-5,7-8,11,14-15,18,28-29H,6,9-10H2,1-2H3/t14-,15-,18-/m0/s1. The van der Waals surface area contributed by atoms with Gasteiger partial charge in [0.25, 0.3) is 0 Å². The molecular weight excluding hydrogens is 406 g/mol. The summed E-state index contributed by atoms with van der Waals surface area (Å²) in [7, 11) is 0. The molecule has 6 nitrogen and oxygen atoms in total. The molecule has 164 valence electrons. The number of piperidine rings is 1. The van der Waals surface area contributed by atoms with Crippen molar-refractivity contribution in [1.82, 2.24) is 9.97 Å². The maximum Gasteiger partial charge on any atom is 0.433 e. The topological polar surface area (TPSA) is 78.7 Å². The van der Waals surface area contributed by atoms with Gasteiger partial charge in [-0.3, -0.25) is 0 Å². The van der Waals surface area contributed by atoms with Gasteiger partial charge in [-0.2, -0.15) is 13.2 Å². The summed E-state index contributed by atoms with van der Waals surface area (Å²) < 4.78 is 57.9. The molecule has 0 aromatic carbocycles. The van der Waals surface area contributed by atoms with E-state index in [1.165, 1.54) is 12.1 Å². The highest BCUT2D eigenvalue weighted by molar-refractivity contribution is 5.48. The number of ether oxygens (including phenoxy) is 1. The number of hydrogen-bond donors (Lipinski definition) is 2. The number of nitrogens with zero attached hydrogens (tertiary/aromatic N) is 3. The fourth-order valence-corrected chi connectivity index (χ4v) is 3.40. The van der Waals surface area contributed by atoms with Crippen molar-refractivity contribution in [2.45, 2.75) is 44.8 Å². The maximum absolute atomic E-state index is 13.7. The second-order valence-corrected chi connectivity index (χ2v) is 7.71. The minimum atomic E-state index is -4.64. The van der Waals surface area contributed by atoms with Gasteiger partial charge in [0, 0.05) is 12.6 Å². The van der Waals surface area contributed by atoms with E-state index in [1.807, 2.05) is 13.8 Å². The van der Waals surface area contributed by atoms with E-state index in [0.717, 1.165) is 18.3 Å². The zero-order valence-electron chi connectivity index (χ0n) is 16.5. The number of aliphatic hydroxyl groups excluding tert-OH is 2. The van der Waals surface area contributed by atoms with E-state index in [9.17, 15) is 27.8 Å². The largest absolute Gasteiger partial charge is 0.470 e. The normalized spacial score (nSPS) is 22.4. The molecule has 0 amide bonds. The number of pyridine rings is 2. The average Bonchev–Trinajstić information content (AvgIpc) is 2.64. The summed E-state index contributed by atoms with van der Waals surface area (Å²) in [5.41, 5.74) is -0.494. The van der Waals surface area contributed by atoms with E-state index in [-0.39, 0.29) is 24.9 Å². The van der Waals surface area contributed by atoms with Crippen LogP contribution in [0.3, 0.4) is 0 Å². The molecule has 0 unspecified atom stereocenters. The van der Waals surface area contributed by atoms with E-state index in [0.29, 0.717) is 17.8 Å². The van der Waals surface area contributed by atoms with Crippen molar-refractivity contribution in [3.63, 3.8) is 0 Å². The third-order valence-corrected chi connectivity index (χ3v) is 4.71. The van der Waals surface area contributed by atoms with E-state index in [2.05, 4.69) is 9.97 Å². The van der Waals surface area contributed by atoms with Crippen molar-refractivity contribution in [2.24, 2.45) is 5.92 Å². The smallest absolute Gasteiger partial charge is 0.433 e. The monoisotopic (exact) mass is 429 g/mol. The van der Waals surface area contributed by atoms with Crippen LogP contribution in [0.2, 0.25) is 0 Å². The second-order valence-electron chi connectivity index (χ2n) is 7.71. The van der Waals surface area contributed by atoms with E-state index in [4.69, 9.17) is 4.74 Å². The molecule has 2 aromatic heterocycles. The van der Waals surface area contributed by atoms with Crippen LogP contribution in [0.5, 0.6) is 5.88 Å². The van der Waals surface area contributed by atoms with Crippen LogP contribution in [-0.4, -0.2) is 51.6 Å². The lowest BCUT2D eigenvalue weighted by Gasteiger charge is -2.40. The molecule has 0 aliphatic carbocycles. The number of alkyl halides is 3. The number of aliphatic hydroxyl groups is 2. The summed E-state index contributed by atoms with van der Waals surface area (Å²) in [6.07, 6.45) is -6.69. The van der Waals surface area contributed by atoms with Gasteiger partial charge in [-0.15, -0.1) is 0 Å². The quantitative estimate of drug-likeness (QED) is 0.712. The van der Waals surface area contributed by atoms with Crippen molar-refractivity contribution >= 4 is 5.82 Å². The predicted octanol–water partition coefficient (Wildman–Crippen LogP) is 2.82. The lowest BCUT2D eigenvalue weighted by atomic mass is 9.99. The molecule has 2 N–H and O–H groups in total. The Morgan fingerprint density at radius 2 is 1.97 bits per heavy atom. The van der Waals surface area contributed by atoms with Crippen LogP contribution in [0, 0.1) is 11.7 Å². The van der Waals surface area contributed by atoms with Gasteiger partial charge in [0.15, 0.2) is 0 Å². The molecule has 0 saturated carbocycles. The van der Waals surface area contributed by atoms with Crippen LogP contribution in [0.15, 0.2) is 30.5 Å². The first kappa shape index (κ1) is 22.2. The highest BCUT2D eigenvalue weighted by Crippen LogP contribution is 2.30. The predicted molar refractivity (Wildman–Crippen MR) is 101 cm³/mol. The van der Waals surface area contributed by atoms with Crippen molar-refractivity contribution in [2.75, 3.05) is 18.0 Å². The number of β-amino-alcohol motifs (C(OH)–C–C–N with tert-alkyl or cyclic N) is 1. The minimum Gasteiger partial charge on any atom is -0.470 e. The van der Waals surface area contributed by atoms with Gasteiger partial charge in [-0.1, -0.05) is 19.9 Å². The molecule has 30 heavy (non-hydrogen) atoms. The lowest BCUT2D eigenvalue weighted by Crippen LogP contribution is -2.58. The second kappa shape index (κ2) is 8.73. The van der Waals surface area contributed by atoms with Crippen LogP contribution in [0.1, 0.15) is 25.1 Å². The first-order valence-corrected chi connectivity index (χ1v) is 9.51. The van der Waals surface area contributed by atoms with Crippen molar-refractivity contribution < 1.29 is 32.5 Å². The van der Waals surface area contributed by atoms with Gasteiger partial charge in [0.2, 0.25) is 5.88 Å². The van der Waals surface area contributed by atoms with Crippen molar-refractivity contribution in [3.05, 3.63) is 47.5 Å². The number of anilines is 1. The van der Waals surface area contributed by atoms with Crippen LogP contribution >= 0.6 is 0 Å². The minimum absolute atomic E-state index is 0.0147. The average molecular weight is 429 g/mol. The first-order valence-electron chi connectivity index (χ1n) is 9.51. The zero-order valence-corrected chi connectivity index (χ0v) is 16.5. The molecule has 3 rings (SSSR count). The number of aromatic nitrogens is 2. The molecular formula is C20H23F4N3O3. The Kier molecular flexibility index (Phi) is 6.47. The van der Waals surface area contributed by atoms with Gasteiger partial charge < -0.3 is 19.8 Å². The molecule has 1 aliphatic heterocycles. The SMILES string of the molecule is CC(C)Cc1cc(F)cnc1N1C[C@H](Oc2cccc(C(F)(F)F)n2)[C@@H](O)[C@@H](O)C1. The van der Waals surface area contributed by atoms with Crippen molar-refractivity contribution in [1.29, 1.82) is 0 Å². The van der Waals surface area contributed by atoms with Gasteiger partial charge in [-0.05, 0) is 30.0 Å². The number of hydrogen-bond acceptors (Lipinski definition) is 6. The summed E-state index contributed by atoms with van der Waals surface area (Å²) in [6.45, 7) is 3.98. The van der Waals surface area contributed by atoms with E-state index in [1.54, 1.807) is 4.90 Å². The summed E-state index contributed by atoms with van der Waals surface area (Å²) >= 11 is 0. The fraction of sp³-hybridized carbons (Fsp3) is 0.500. The molecule has 1 saturated heterocycles. The third-order valence-electron chi connectivity index (χ3n) is 4.71.